The van der Waals surface area contributed by atoms with Crippen molar-refractivity contribution >= 4 is 24.8 Å². The number of carboxylic acid groups (broad SMARTS) is 1. The van der Waals surface area contributed by atoms with E-state index in [1.165, 1.54) is 12.8 Å². The summed E-state index contributed by atoms with van der Waals surface area (Å²) in [4.78, 5) is 14.4. The fourth-order valence-electron chi connectivity index (χ4n) is 1.85. The standard InChI is InChI=1S/C9H12N2O2.Li.H/c12-9(13)8-5-11(6-10-8)7-3-1-2-4-7;;/h5-7H,1-4H2,(H,12,13);;. The Kier molecular flexibility index (Phi) is 3.79. The average molecular weight is 188 g/mol. The second-order valence-electron chi connectivity index (χ2n) is 3.45. The molecule has 0 unspecified atom stereocenters. The van der Waals surface area contributed by atoms with Gasteiger partial charge in [-0.05, 0) is 12.8 Å². The predicted molar refractivity (Wildman–Crippen MR) is 53.8 cm³/mol. The van der Waals surface area contributed by atoms with Crippen molar-refractivity contribution in [1.82, 2.24) is 9.55 Å². The van der Waals surface area contributed by atoms with Crippen LogP contribution >= 0.6 is 0 Å². The van der Waals surface area contributed by atoms with Gasteiger partial charge in [-0.2, -0.15) is 0 Å². The van der Waals surface area contributed by atoms with Crippen molar-refractivity contribution in [1.29, 1.82) is 0 Å². The molecule has 4 nitrogen and oxygen atoms in total. The summed E-state index contributed by atoms with van der Waals surface area (Å²) in [7, 11) is 0. The van der Waals surface area contributed by atoms with Crippen LogP contribution in [-0.4, -0.2) is 39.5 Å². The van der Waals surface area contributed by atoms with Gasteiger partial charge in [0.15, 0.2) is 5.69 Å². The van der Waals surface area contributed by atoms with Crippen LogP contribution < -0.4 is 0 Å². The minimum atomic E-state index is -0.947. The second kappa shape index (κ2) is 4.67. The molecule has 0 spiro atoms. The normalized spacial score (nSPS) is 16.6. The molecule has 0 radical (unpaired) electrons. The number of imidazole rings is 1. The fraction of sp³-hybridized carbons (Fsp3) is 0.556. The van der Waals surface area contributed by atoms with Crippen LogP contribution in [0.1, 0.15) is 42.2 Å². The van der Waals surface area contributed by atoms with Crippen molar-refractivity contribution in [3.05, 3.63) is 18.2 Å². The van der Waals surface area contributed by atoms with Crippen LogP contribution in [0.5, 0.6) is 0 Å². The average Bonchev–Trinajstić information content (AvgIpc) is 2.75. The molecule has 1 aliphatic rings. The Balaban J connectivity index is 0.000000980. The molecule has 1 aliphatic carbocycles. The summed E-state index contributed by atoms with van der Waals surface area (Å²) in [6, 6.07) is 0.473. The fourth-order valence-corrected chi connectivity index (χ4v) is 1.85. The van der Waals surface area contributed by atoms with Gasteiger partial charge in [0.25, 0.3) is 0 Å². The molecule has 1 N–H and O–H groups in total. The number of nitrogens with zero attached hydrogens (tertiary/aromatic N) is 2. The van der Waals surface area contributed by atoms with E-state index in [1.54, 1.807) is 12.5 Å². The molecule has 0 bridgehead atoms. The van der Waals surface area contributed by atoms with Gasteiger partial charge in [0, 0.05) is 12.2 Å². The number of hydrogen-bond donors (Lipinski definition) is 1. The van der Waals surface area contributed by atoms with Gasteiger partial charge < -0.3 is 9.67 Å². The Morgan fingerprint density at radius 3 is 2.64 bits per heavy atom. The van der Waals surface area contributed by atoms with Crippen LogP contribution in [0.25, 0.3) is 0 Å². The van der Waals surface area contributed by atoms with Gasteiger partial charge in [0.2, 0.25) is 0 Å². The molecule has 0 amide bonds. The van der Waals surface area contributed by atoms with E-state index in [0.29, 0.717) is 6.04 Å². The Morgan fingerprint density at radius 2 is 2.14 bits per heavy atom. The van der Waals surface area contributed by atoms with E-state index < -0.39 is 5.97 Å². The van der Waals surface area contributed by atoms with Gasteiger partial charge in [0.1, 0.15) is 0 Å². The molecule has 0 aliphatic heterocycles. The summed E-state index contributed by atoms with van der Waals surface area (Å²) < 4.78 is 1.93. The summed E-state index contributed by atoms with van der Waals surface area (Å²) in [6.45, 7) is 0. The Hall–Kier alpha value is -0.723. The number of hydrogen-bond acceptors (Lipinski definition) is 2. The first-order chi connectivity index (χ1) is 6.27. The second-order valence-corrected chi connectivity index (χ2v) is 3.45. The summed E-state index contributed by atoms with van der Waals surface area (Å²) >= 11 is 0. The molecule has 2 rings (SSSR count). The number of aromatic nitrogens is 2. The molecule has 0 saturated heterocycles. The molecule has 1 saturated carbocycles. The molecule has 0 atom stereocenters. The SMILES string of the molecule is O=C(O)c1cn(C2CCCC2)cn1.[LiH]. The summed E-state index contributed by atoms with van der Waals surface area (Å²) in [5.41, 5.74) is 0.145. The molecule has 14 heavy (non-hydrogen) atoms. The minimum absolute atomic E-state index is 0. The molecule has 5 heteroatoms. The number of carbonyl (C=O) groups is 1. The van der Waals surface area contributed by atoms with E-state index in [0.717, 1.165) is 12.8 Å². The third-order valence-corrected chi connectivity index (χ3v) is 2.57. The van der Waals surface area contributed by atoms with Crippen LogP contribution in [0.2, 0.25) is 0 Å². The Labute approximate surface area is 94.5 Å². The third kappa shape index (κ3) is 2.20. The van der Waals surface area contributed by atoms with Gasteiger partial charge in [-0.15, -0.1) is 0 Å². The number of carboxylic acids is 1. The van der Waals surface area contributed by atoms with E-state index in [2.05, 4.69) is 4.98 Å². The number of rotatable bonds is 2. The zero-order chi connectivity index (χ0) is 9.26. The van der Waals surface area contributed by atoms with Crippen molar-refractivity contribution in [2.24, 2.45) is 0 Å². The van der Waals surface area contributed by atoms with Crippen molar-refractivity contribution in [3.8, 4) is 0 Å². The van der Waals surface area contributed by atoms with E-state index in [-0.39, 0.29) is 24.6 Å². The van der Waals surface area contributed by atoms with E-state index in [9.17, 15) is 4.79 Å². The van der Waals surface area contributed by atoms with Crippen LogP contribution in [0, 0.1) is 0 Å². The monoisotopic (exact) mass is 188 g/mol. The van der Waals surface area contributed by atoms with Crippen LogP contribution in [-0.2, 0) is 0 Å². The molecule has 72 valence electrons. The maximum absolute atomic E-state index is 10.6. The predicted octanol–water partition coefficient (Wildman–Crippen LogP) is 1.05. The van der Waals surface area contributed by atoms with Gasteiger partial charge >= 0.3 is 24.8 Å². The van der Waals surface area contributed by atoms with Gasteiger partial charge in [-0.25, -0.2) is 9.78 Å². The summed E-state index contributed by atoms with van der Waals surface area (Å²) in [6.07, 6.45) is 8.03. The maximum atomic E-state index is 10.6. The molecule has 1 aromatic rings. The first kappa shape index (κ1) is 11.4. The zero-order valence-corrected chi connectivity index (χ0v) is 7.31. The van der Waals surface area contributed by atoms with Crippen LogP contribution in [0.3, 0.4) is 0 Å². The quantitative estimate of drug-likeness (QED) is 0.705. The van der Waals surface area contributed by atoms with Crippen LogP contribution in [0.4, 0.5) is 0 Å². The molecular weight excluding hydrogens is 175 g/mol. The van der Waals surface area contributed by atoms with Crippen LogP contribution in [0.15, 0.2) is 12.5 Å². The zero-order valence-electron chi connectivity index (χ0n) is 7.31. The molecule has 1 aromatic heterocycles. The van der Waals surface area contributed by atoms with Crippen molar-refractivity contribution in [3.63, 3.8) is 0 Å². The van der Waals surface area contributed by atoms with Crippen molar-refractivity contribution in [2.45, 2.75) is 31.7 Å². The first-order valence-corrected chi connectivity index (χ1v) is 4.54. The van der Waals surface area contributed by atoms with Gasteiger partial charge in [-0.1, -0.05) is 12.8 Å². The van der Waals surface area contributed by atoms with E-state index in [4.69, 9.17) is 5.11 Å². The summed E-state index contributed by atoms with van der Waals surface area (Å²) in [5.74, 6) is -0.947. The Morgan fingerprint density at radius 1 is 1.50 bits per heavy atom. The topological polar surface area (TPSA) is 55.1 Å². The van der Waals surface area contributed by atoms with E-state index >= 15 is 0 Å². The van der Waals surface area contributed by atoms with Gasteiger partial charge in [0.05, 0.1) is 6.33 Å². The van der Waals surface area contributed by atoms with Gasteiger partial charge in [-0.3, -0.25) is 0 Å². The molecule has 0 aromatic carbocycles. The molecule has 1 heterocycles. The van der Waals surface area contributed by atoms with Crippen molar-refractivity contribution in [2.75, 3.05) is 0 Å². The first-order valence-electron chi connectivity index (χ1n) is 4.54. The Bertz CT molecular complexity index is 318. The molecule has 1 fully saturated rings. The third-order valence-electron chi connectivity index (χ3n) is 2.57. The van der Waals surface area contributed by atoms with Crippen molar-refractivity contribution < 1.29 is 9.90 Å². The number of aromatic carboxylic acids is 1. The molecular formula is C9H13LiN2O2. The van der Waals surface area contributed by atoms with E-state index in [1.807, 2.05) is 4.57 Å². The summed E-state index contributed by atoms with van der Waals surface area (Å²) in [5, 5.41) is 8.67.